The number of benzene rings is 3. The van der Waals surface area contributed by atoms with Crippen molar-refractivity contribution in [3.8, 4) is 22.8 Å². The first kappa shape index (κ1) is 29.0. The molecule has 0 fully saturated rings. The van der Waals surface area contributed by atoms with Crippen molar-refractivity contribution in [2.75, 3.05) is 12.4 Å². The third-order valence-corrected chi connectivity index (χ3v) is 8.36. The van der Waals surface area contributed by atoms with E-state index in [-0.39, 0.29) is 27.3 Å². The molecule has 7 nitrogen and oxygen atoms in total. The summed E-state index contributed by atoms with van der Waals surface area (Å²) in [4.78, 5) is 5.00. The van der Waals surface area contributed by atoms with Gasteiger partial charge in [0.25, 0.3) is 0 Å². The molecule has 0 radical (unpaired) electrons. The summed E-state index contributed by atoms with van der Waals surface area (Å²) in [6.07, 6.45) is 2.90. The Morgan fingerprint density at radius 1 is 0.902 bits per heavy atom. The lowest BCUT2D eigenvalue weighted by atomic mass is 9.82. The third-order valence-electron chi connectivity index (χ3n) is 6.66. The second kappa shape index (κ2) is 10.7. The summed E-state index contributed by atoms with van der Waals surface area (Å²) in [6.45, 7) is 11.0. The molecule has 0 bridgehead atoms. The molecule has 3 aromatic carbocycles. The van der Waals surface area contributed by atoms with E-state index in [1.807, 2.05) is 47.0 Å². The number of fused-ring (bicyclic) bond motifs is 2. The second-order valence-electron chi connectivity index (χ2n) is 12.0. The Bertz CT molecular complexity index is 1860. The minimum Gasteiger partial charge on any atom is -0.493 e. The molecule has 0 aliphatic heterocycles. The Kier molecular flexibility index (Phi) is 7.55. The maximum atomic E-state index is 13.2. The van der Waals surface area contributed by atoms with Gasteiger partial charge in [0.1, 0.15) is 22.1 Å². The molecular formula is C32H34BrN3O4S. The van der Waals surface area contributed by atoms with Crippen LogP contribution in [0.5, 0.6) is 11.5 Å². The number of anilines is 1. The monoisotopic (exact) mass is 635 g/mol. The number of rotatable bonds is 8. The number of methoxy groups -OCH3 is 1. The summed E-state index contributed by atoms with van der Waals surface area (Å²) in [5, 5.41) is 5.49. The first-order valence-corrected chi connectivity index (χ1v) is 15.5. The Hall–Kier alpha value is -3.56. The van der Waals surface area contributed by atoms with Crippen LogP contribution in [0.15, 0.2) is 88.4 Å². The highest BCUT2D eigenvalue weighted by Gasteiger charge is 2.29. The lowest BCUT2D eigenvalue weighted by molar-refractivity contribution is 0.302. The van der Waals surface area contributed by atoms with Gasteiger partial charge in [0.15, 0.2) is 11.5 Å². The van der Waals surface area contributed by atoms with Crippen LogP contribution in [-0.2, 0) is 10.1 Å². The average Bonchev–Trinajstić information content (AvgIpc) is 3.23. The molecule has 2 heterocycles. The largest absolute Gasteiger partial charge is 0.493 e. The first-order valence-electron chi connectivity index (χ1n) is 13.3. The van der Waals surface area contributed by atoms with Crippen LogP contribution in [0.3, 0.4) is 0 Å². The van der Waals surface area contributed by atoms with Gasteiger partial charge in [-0.3, -0.25) is 4.40 Å². The number of pyridine rings is 1. The summed E-state index contributed by atoms with van der Waals surface area (Å²) in [5.74, 6) is 1.21. The standard InChI is InChI=1S/C32H34BrN3O4S/c1-31(2,3)20-32(4,5)35-30-29(34-28-16-13-24(33)19-36(28)30)23-12-15-26(27(18-23)39-6)40-41(37,38)25-14-11-21-9-7-8-10-22(21)17-25/h7-19,35H,20H2,1-6H3. The number of hydrogen-bond donors (Lipinski definition) is 1. The Labute approximate surface area is 249 Å². The minimum atomic E-state index is -4.11. The van der Waals surface area contributed by atoms with E-state index in [0.717, 1.165) is 38.7 Å². The van der Waals surface area contributed by atoms with Crippen molar-refractivity contribution in [2.45, 2.75) is 51.5 Å². The fourth-order valence-electron chi connectivity index (χ4n) is 5.40. The highest BCUT2D eigenvalue weighted by Crippen LogP contribution is 2.39. The smallest absolute Gasteiger partial charge is 0.339 e. The zero-order valence-corrected chi connectivity index (χ0v) is 26.4. The van der Waals surface area contributed by atoms with Crippen LogP contribution in [0.25, 0.3) is 27.7 Å². The fraction of sp³-hybridized carbons (Fsp3) is 0.281. The minimum absolute atomic E-state index is 0.0702. The van der Waals surface area contributed by atoms with Crippen molar-refractivity contribution >= 4 is 48.3 Å². The predicted molar refractivity (Wildman–Crippen MR) is 168 cm³/mol. The molecule has 1 N–H and O–H groups in total. The molecular weight excluding hydrogens is 602 g/mol. The lowest BCUT2D eigenvalue weighted by Crippen LogP contribution is -2.36. The van der Waals surface area contributed by atoms with Gasteiger partial charge >= 0.3 is 10.1 Å². The van der Waals surface area contributed by atoms with E-state index in [1.165, 1.54) is 7.11 Å². The van der Waals surface area contributed by atoms with Crippen LogP contribution in [0.2, 0.25) is 0 Å². The van der Waals surface area contributed by atoms with Gasteiger partial charge in [-0.25, -0.2) is 4.98 Å². The fourth-order valence-corrected chi connectivity index (χ4v) is 6.72. The normalized spacial score (nSPS) is 12.6. The predicted octanol–water partition coefficient (Wildman–Crippen LogP) is 8.32. The average molecular weight is 637 g/mol. The van der Waals surface area contributed by atoms with E-state index < -0.39 is 10.1 Å². The highest BCUT2D eigenvalue weighted by molar-refractivity contribution is 9.10. The van der Waals surface area contributed by atoms with Gasteiger partial charge in [-0.05, 0) is 94.9 Å². The number of hydrogen-bond acceptors (Lipinski definition) is 6. The van der Waals surface area contributed by atoms with Crippen molar-refractivity contribution in [3.63, 3.8) is 0 Å². The van der Waals surface area contributed by atoms with E-state index >= 15 is 0 Å². The number of aromatic nitrogens is 2. The van der Waals surface area contributed by atoms with Gasteiger partial charge in [-0.15, -0.1) is 0 Å². The van der Waals surface area contributed by atoms with E-state index in [2.05, 4.69) is 55.9 Å². The molecule has 5 aromatic rings. The molecule has 0 unspecified atom stereocenters. The molecule has 41 heavy (non-hydrogen) atoms. The van der Waals surface area contributed by atoms with E-state index in [0.29, 0.717) is 5.69 Å². The number of imidazole rings is 1. The molecule has 0 amide bonds. The quantitative estimate of drug-likeness (QED) is 0.173. The van der Waals surface area contributed by atoms with Crippen molar-refractivity contribution in [3.05, 3.63) is 83.5 Å². The van der Waals surface area contributed by atoms with Crippen LogP contribution in [0.1, 0.15) is 41.0 Å². The van der Waals surface area contributed by atoms with Crippen LogP contribution in [0, 0.1) is 5.41 Å². The van der Waals surface area contributed by atoms with E-state index in [9.17, 15) is 8.42 Å². The topological polar surface area (TPSA) is 81.9 Å². The highest BCUT2D eigenvalue weighted by atomic mass is 79.9. The van der Waals surface area contributed by atoms with E-state index in [4.69, 9.17) is 13.9 Å². The summed E-state index contributed by atoms with van der Waals surface area (Å²) in [6, 6.07) is 21.6. The summed E-state index contributed by atoms with van der Waals surface area (Å²) >= 11 is 3.58. The number of nitrogens with one attached hydrogen (secondary N) is 1. The van der Waals surface area contributed by atoms with Crippen LogP contribution in [-0.4, -0.2) is 30.5 Å². The first-order chi connectivity index (χ1) is 19.2. The van der Waals surface area contributed by atoms with Crippen molar-refractivity contribution in [2.24, 2.45) is 5.41 Å². The molecule has 2 aromatic heterocycles. The molecule has 0 atom stereocenters. The summed E-state index contributed by atoms with van der Waals surface area (Å²) < 4.78 is 40.6. The number of nitrogens with zero attached hydrogens (tertiary/aromatic N) is 2. The Morgan fingerprint density at radius 2 is 1.63 bits per heavy atom. The van der Waals surface area contributed by atoms with Crippen molar-refractivity contribution in [1.82, 2.24) is 9.38 Å². The van der Waals surface area contributed by atoms with Gasteiger partial charge in [0.2, 0.25) is 0 Å². The van der Waals surface area contributed by atoms with Crippen LogP contribution < -0.4 is 14.2 Å². The van der Waals surface area contributed by atoms with E-state index in [1.54, 1.807) is 36.4 Å². The number of halogens is 1. The van der Waals surface area contributed by atoms with Gasteiger partial charge in [-0.1, -0.05) is 51.1 Å². The SMILES string of the molecule is COc1cc(-c2nc3ccc(Br)cn3c2NC(C)(C)CC(C)(C)C)ccc1OS(=O)(=O)c1ccc2ccccc2c1. The van der Waals surface area contributed by atoms with Gasteiger partial charge < -0.3 is 14.2 Å². The molecule has 0 aliphatic carbocycles. The van der Waals surface area contributed by atoms with Crippen molar-refractivity contribution < 1.29 is 17.3 Å². The lowest BCUT2D eigenvalue weighted by Gasteiger charge is -2.34. The van der Waals surface area contributed by atoms with Crippen LogP contribution >= 0.6 is 15.9 Å². The van der Waals surface area contributed by atoms with Crippen molar-refractivity contribution in [1.29, 1.82) is 0 Å². The van der Waals surface area contributed by atoms with Gasteiger partial charge in [-0.2, -0.15) is 8.42 Å². The maximum absolute atomic E-state index is 13.2. The van der Waals surface area contributed by atoms with Crippen LogP contribution in [0.4, 0.5) is 5.82 Å². The van der Waals surface area contributed by atoms with Gasteiger partial charge in [0, 0.05) is 21.8 Å². The number of ether oxygens (including phenoxy) is 1. The zero-order chi connectivity index (χ0) is 29.6. The molecule has 0 aliphatic rings. The molecule has 9 heteroatoms. The molecule has 5 rings (SSSR count). The van der Waals surface area contributed by atoms with Gasteiger partial charge in [0.05, 0.1) is 7.11 Å². The summed E-state index contributed by atoms with van der Waals surface area (Å²) in [5.41, 5.74) is 2.11. The second-order valence-corrected chi connectivity index (χ2v) is 14.5. The molecule has 0 saturated carbocycles. The zero-order valence-electron chi connectivity index (χ0n) is 24.0. The Balaban J connectivity index is 1.54. The third kappa shape index (κ3) is 6.36. The molecule has 0 saturated heterocycles. The molecule has 0 spiro atoms. The maximum Gasteiger partial charge on any atom is 0.339 e. The Morgan fingerprint density at radius 3 is 2.34 bits per heavy atom. The molecule has 214 valence electrons. The summed E-state index contributed by atoms with van der Waals surface area (Å²) in [7, 11) is -2.62.